The third-order valence-corrected chi connectivity index (χ3v) is 6.45. The van der Waals surface area contributed by atoms with E-state index in [9.17, 15) is 26.8 Å². The number of rotatable bonds is 4. The Bertz CT molecular complexity index is 1230. The van der Waals surface area contributed by atoms with Gasteiger partial charge in [-0.15, -0.1) is 4.40 Å². The standard InChI is InChI=1S/C21H19F2N3O5S/c22-14-6-7-15(23)16(11-14)24-20(27)12-31-21(28)13-5-8-17-18(10-13)32(29,30)25-19-4-2-1-3-9-26(17)19/h5-8,10-11H,1-4,9,12H2,(H,24,27). The predicted octanol–water partition coefficient (Wildman–Crippen LogP) is 3.24. The van der Waals surface area contributed by atoms with Crippen molar-refractivity contribution in [1.29, 1.82) is 0 Å². The van der Waals surface area contributed by atoms with E-state index >= 15 is 0 Å². The first kappa shape index (κ1) is 21.9. The summed E-state index contributed by atoms with van der Waals surface area (Å²) in [5.41, 5.74) is -0.0182. The zero-order chi connectivity index (χ0) is 22.9. The number of ether oxygens (including phenoxy) is 1. The van der Waals surface area contributed by atoms with Gasteiger partial charge < -0.3 is 15.0 Å². The van der Waals surface area contributed by atoms with Crippen LogP contribution in [0.3, 0.4) is 0 Å². The summed E-state index contributed by atoms with van der Waals surface area (Å²) >= 11 is 0. The lowest BCUT2D eigenvalue weighted by Crippen LogP contribution is -2.35. The molecule has 0 unspecified atom stereocenters. The number of carbonyl (C=O) groups excluding carboxylic acids is 2. The summed E-state index contributed by atoms with van der Waals surface area (Å²) in [5, 5.41) is 2.11. The van der Waals surface area contributed by atoms with Crippen LogP contribution in [0.25, 0.3) is 0 Å². The Labute approximate surface area is 182 Å². The van der Waals surface area contributed by atoms with Crippen molar-refractivity contribution < 1.29 is 31.5 Å². The maximum absolute atomic E-state index is 13.6. The van der Waals surface area contributed by atoms with Gasteiger partial charge in [-0.05, 0) is 43.2 Å². The Morgan fingerprint density at radius 3 is 2.72 bits per heavy atom. The Kier molecular flexibility index (Phi) is 5.92. The Balaban J connectivity index is 1.48. The lowest BCUT2D eigenvalue weighted by atomic mass is 10.2. The molecule has 0 aliphatic carbocycles. The molecule has 2 heterocycles. The monoisotopic (exact) mass is 463 g/mol. The molecule has 2 aromatic rings. The number of benzene rings is 2. The molecule has 2 aliphatic heterocycles. The average molecular weight is 463 g/mol. The molecule has 0 radical (unpaired) electrons. The molecular weight excluding hydrogens is 444 g/mol. The molecule has 8 nitrogen and oxygen atoms in total. The molecule has 2 aromatic carbocycles. The smallest absolute Gasteiger partial charge is 0.338 e. The van der Waals surface area contributed by atoms with Gasteiger partial charge >= 0.3 is 5.97 Å². The fourth-order valence-electron chi connectivity index (χ4n) is 3.60. The van der Waals surface area contributed by atoms with Gasteiger partial charge in [0.05, 0.1) is 16.9 Å². The molecule has 0 spiro atoms. The van der Waals surface area contributed by atoms with Crippen molar-refractivity contribution in [2.45, 2.75) is 30.6 Å². The van der Waals surface area contributed by atoms with E-state index < -0.39 is 45.8 Å². The van der Waals surface area contributed by atoms with Crippen molar-refractivity contribution in [3.63, 3.8) is 0 Å². The van der Waals surface area contributed by atoms with Crippen molar-refractivity contribution in [1.82, 2.24) is 0 Å². The van der Waals surface area contributed by atoms with Crippen LogP contribution in [0.5, 0.6) is 0 Å². The summed E-state index contributed by atoms with van der Waals surface area (Å²) in [7, 11) is -3.98. The van der Waals surface area contributed by atoms with Crippen molar-refractivity contribution in [3.05, 3.63) is 53.6 Å². The zero-order valence-corrected chi connectivity index (χ0v) is 17.6. The molecule has 1 N–H and O–H groups in total. The first-order valence-electron chi connectivity index (χ1n) is 9.92. The Morgan fingerprint density at radius 2 is 1.91 bits per heavy atom. The van der Waals surface area contributed by atoms with Crippen LogP contribution in [0.1, 0.15) is 36.0 Å². The lowest BCUT2D eigenvalue weighted by molar-refractivity contribution is -0.119. The number of halogens is 2. The maximum atomic E-state index is 13.6. The molecule has 0 aromatic heterocycles. The Morgan fingerprint density at radius 1 is 1.09 bits per heavy atom. The number of fused-ring (bicyclic) bond motifs is 3. The molecule has 168 valence electrons. The average Bonchev–Trinajstić information content (AvgIpc) is 2.99. The van der Waals surface area contributed by atoms with Crippen LogP contribution in [-0.4, -0.2) is 39.3 Å². The van der Waals surface area contributed by atoms with Crippen LogP contribution in [0.4, 0.5) is 20.2 Å². The van der Waals surface area contributed by atoms with Gasteiger partial charge in [0.15, 0.2) is 6.61 Å². The highest BCUT2D eigenvalue weighted by Gasteiger charge is 2.32. The number of esters is 1. The van der Waals surface area contributed by atoms with Crippen LogP contribution >= 0.6 is 0 Å². The van der Waals surface area contributed by atoms with Crippen LogP contribution in [0, 0.1) is 11.6 Å². The number of nitrogens with one attached hydrogen (secondary N) is 1. The lowest BCUT2D eigenvalue weighted by Gasteiger charge is -2.29. The van der Waals surface area contributed by atoms with Crippen molar-refractivity contribution in [2.24, 2.45) is 4.40 Å². The van der Waals surface area contributed by atoms with Gasteiger partial charge in [0.1, 0.15) is 22.4 Å². The number of nitrogens with zero attached hydrogens (tertiary/aromatic N) is 2. The van der Waals surface area contributed by atoms with E-state index in [2.05, 4.69) is 9.71 Å². The maximum Gasteiger partial charge on any atom is 0.338 e. The summed E-state index contributed by atoms with van der Waals surface area (Å²) in [6, 6.07) is 6.64. The highest BCUT2D eigenvalue weighted by molar-refractivity contribution is 7.90. The quantitative estimate of drug-likeness (QED) is 0.698. The highest BCUT2D eigenvalue weighted by atomic mass is 32.2. The third-order valence-electron chi connectivity index (χ3n) is 5.12. The number of hydrogen-bond donors (Lipinski definition) is 1. The third kappa shape index (κ3) is 4.47. The largest absolute Gasteiger partial charge is 0.452 e. The van der Waals surface area contributed by atoms with E-state index in [1.807, 2.05) is 4.90 Å². The zero-order valence-electron chi connectivity index (χ0n) is 16.8. The molecule has 32 heavy (non-hydrogen) atoms. The van der Waals surface area contributed by atoms with E-state index in [1.165, 1.54) is 18.2 Å². The second-order valence-corrected chi connectivity index (χ2v) is 8.95. The summed E-state index contributed by atoms with van der Waals surface area (Å²) in [6.07, 6.45) is 3.27. The minimum absolute atomic E-state index is 0.0782. The summed E-state index contributed by atoms with van der Waals surface area (Å²) in [5.74, 6) is -2.93. The van der Waals surface area contributed by atoms with Gasteiger partial charge in [-0.2, -0.15) is 8.42 Å². The normalized spacial score (nSPS) is 16.8. The highest BCUT2D eigenvalue weighted by Crippen LogP contribution is 2.35. The fraction of sp³-hybridized carbons (Fsp3) is 0.286. The SMILES string of the molecule is O=C(COC(=O)c1ccc2c(c1)S(=O)(=O)N=C1CCCCCN12)Nc1cc(F)ccc1F. The number of anilines is 2. The molecule has 0 atom stereocenters. The summed E-state index contributed by atoms with van der Waals surface area (Å²) in [6.45, 7) is -0.144. The first-order valence-corrected chi connectivity index (χ1v) is 11.4. The topological polar surface area (TPSA) is 105 Å². The number of hydrogen-bond acceptors (Lipinski definition) is 6. The van der Waals surface area contributed by atoms with E-state index in [-0.39, 0.29) is 10.5 Å². The molecule has 4 rings (SSSR count). The molecule has 2 aliphatic rings. The number of amidine groups is 1. The molecule has 1 fully saturated rings. The van der Waals surface area contributed by atoms with Crippen LogP contribution in [0.15, 0.2) is 45.7 Å². The van der Waals surface area contributed by atoms with Crippen LogP contribution < -0.4 is 10.2 Å². The molecule has 0 bridgehead atoms. The van der Waals surface area contributed by atoms with Crippen molar-refractivity contribution in [2.75, 3.05) is 23.4 Å². The molecule has 1 amide bonds. The fourth-order valence-corrected chi connectivity index (χ4v) is 4.88. The van der Waals surface area contributed by atoms with Gasteiger partial charge in [0.25, 0.3) is 15.9 Å². The van der Waals surface area contributed by atoms with Crippen LogP contribution in [0.2, 0.25) is 0 Å². The van der Waals surface area contributed by atoms with Gasteiger partial charge in [0.2, 0.25) is 0 Å². The van der Waals surface area contributed by atoms with Gasteiger partial charge in [-0.3, -0.25) is 4.79 Å². The number of carbonyl (C=O) groups is 2. The van der Waals surface area contributed by atoms with Gasteiger partial charge in [-0.1, -0.05) is 6.42 Å². The number of amides is 1. The second kappa shape index (κ2) is 8.65. The predicted molar refractivity (Wildman–Crippen MR) is 112 cm³/mol. The second-order valence-electron chi connectivity index (χ2n) is 7.38. The van der Waals surface area contributed by atoms with E-state index in [0.29, 0.717) is 24.5 Å². The Hall–Kier alpha value is -3.34. The molecular formula is C21H19F2N3O5S. The van der Waals surface area contributed by atoms with Crippen LogP contribution in [-0.2, 0) is 19.6 Å². The molecule has 1 saturated heterocycles. The summed E-state index contributed by atoms with van der Waals surface area (Å²) in [4.78, 5) is 26.1. The van der Waals surface area contributed by atoms with E-state index in [4.69, 9.17) is 4.74 Å². The van der Waals surface area contributed by atoms with Gasteiger partial charge in [0, 0.05) is 19.0 Å². The van der Waals surface area contributed by atoms with E-state index in [0.717, 1.165) is 37.5 Å². The molecule has 0 saturated carbocycles. The van der Waals surface area contributed by atoms with Crippen molar-refractivity contribution in [3.8, 4) is 0 Å². The first-order chi connectivity index (χ1) is 15.2. The minimum Gasteiger partial charge on any atom is -0.452 e. The summed E-state index contributed by atoms with van der Waals surface area (Å²) < 4.78 is 60.9. The van der Waals surface area contributed by atoms with Gasteiger partial charge in [-0.25, -0.2) is 13.6 Å². The number of sulfonamides is 1. The van der Waals surface area contributed by atoms with Crippen molar-refractivity contribution >= 4 is 39.1 Å². The van der Waals surface area contributed by atoms with E-state index in [1.54, 1.807) is 0 Å². The minimum atomic E-state index is -3.98. The molecule has 11 heteroatoms.